The fourth-order valence-electron chi connectivity index (χ4n) is 3.58. The van der Waals surface area contributed by atoms with Gasteiger partial charge < -0.3 is 15.4 Å². The Morgan fingerprint density at radius 3 is 3.00 bits per heavy atom. The van der Waals surface area contributed by atoms with Crippen molar-refractivity contribution in [3.8, 4) is 17.1 Å². The molecule has 0 radical (unpaired) electrons. The van der Waals surface area contributed by atoms with Gasteiger partial charge >= 0.3 is 0 Å². The van der Waals surface area contributed by atoms with Crippen LogP contribution >= 0.6 is 0 Å². The summed E-state index contributed by atoms with van der Waals surface area (Å²) >= 11 is 0. The zero-order valence-corrected chi connectivity index (χ0v) is 15.4. The lowest BCUT2D eigenvalue weighted by molar-refractivity contribution is 0.0966. The molecule has 5 rings (SSSR count). The number of nitrogens with zero attached hydrogens (tertiary/aromatic N) is 3. The van der Waals surface area contributed by atoms with Gasteiger partial charge in [0.05, 0.1) is 30.3 Å². The van der Waals surface area contributed by atoms with Crippen molar-refractivity contribution in [3.63, 3.8) is 0 Å². The van der Waals surface area contributed by atoms with Crippen LogP contribution in [0.2, 0.25) is 0 Å². The Kier molecular flexibility index (Phi) is 3.90. The first-order valence-electron chi connectivity index (χ1n) is 8.99. The Bertz CT molecular complexity index is 1270. The zero-order valence-electron chi connectivity index (χ0n) is 15.4. The molecular formula is C21H16FN5O2. The highest BCUT2D eigenvalue weighted by atomic mass is 19.1. The molecule has 0 saturated heterocycles. The largest absolute Gasteiger partial charge is 0.481 e. The second-order valence-electron chi connectivity index (χ2n) is 6.60. The van der Waals surface area contributed by atoms with Crippen molar-refractivity contribution in [2.24, 2.45) is 0 Å². The molecule has 1 aromatic carbocycles. The highest BCUT2D eigenvalue weighted by Gasteiger charge is 2.27. The van der Waals surface area contributed by atoms with Crippen LogP contribution in [0.15, 0.2) is 54.9 Å². The first-order valence-corrected chi connectivity index (χ1v) is 8.99. The maximum atomic E-state index is 13.5. The van der Waals surface area contributed by atoms with Gasteiger partial charge in [0.2, 0.25) is 5.88 Å². The minimum atomic E-state index is -0.345. The first-order chi connectivity index (χ1) is 14.1. The summed E-state index contributed by atoms with van der Waals surface area (Å²) in [7, 11) is 1.55. The minimum Gasteiger partial charge on any atom is -0.481 e. The number of rotatable bonds is 4. The van der Waals surface area contributed by atoms with E-state index in [9.17, 15) is 9.18 Å². The number of nitrogens with one attached hydrogen (secondary N) is 2. The number of halogens is 1. The predicted molar refractivity (Wildman–Crippen MR) is 106 cm³/mol. The number of aromatic nitrogens is 3. The monoisotopic (exact) mass is 389 g/mol. The highest BCUT2D eigenvalue weighted by Crippen LogP contribution is 2.35. The first kappa shape index (κ1) is 17.2. The quantitative estimate of drug-likeness (QED) is 0.558. The lowest BCUT2D eigenvalue weighted by atomic mass is 9.99. The molecule has 0 saturated carbocycles. The Morgan fingerprint density at radius 2 is 2.14 bits per heavy atom. The predicted octanol–water partition coefficient (Wildman–Crippen LogP) is 3.53. The number of carbonyl (C=O) groups is 1. The second kappa shape index (κ2) is 6.59. The molecule has 8 heteroatoms. The van der Waals surface area contributed by atoms with E-state index in [1.807, 2.05) is 18.2 Å². The average molecular weight is 389 g/mol. The standard InChI is InChI=1S/C21H16FN5O2/c1-29-19-4-2-3-17(26-19)25-15-6-5-13(14-10-24-21(28)20(14)15)16-11-23-18-9-12(22)7-8-27(16)18/h2-9,11H,10H2,1H3,(H,24,28)(H,25,26). The number of amides is 1. The van der Waals surface area contributed by atoms with Gasteiger partial charge in [0.15, 0.2) is 0 Å². The molecule has 144 valence electrons. The number of fused-ring (bicyclic) bond motifs is 2. The number of anilines is 2. The van der Waals surface area contributed by atoms with E-state index in [1.165, 1.54) is 12.1 Å². The Morgan fingerprint density at radius 1 is 1.24 bits per heavy atom. The van der Waals surface area contributed by atoms with Gasteiger partial charge in [-0.3, -0.25) is 9.20 Å². The molecular weight excluding hydrogens is 373 g/mol. The molecule has 0 aliphatic carbocycles. The van der Waals surface area contributed by atoms with E-state index in [-0.39, 0.29) is 11.7 Å². The van der Waals surface area contributed by atoms with Gasteiger partial charge in [0.25, 0.3) is 5.91 Å². The number of hydrogen-bond acceptors (Lipinski definition) is 5. The van der Waals surface area contributed by atoms with Crippen LogP contribution < -0.4 is 15.4 Å². The fourth-order valence-corrected chi connectivity index (χ4v) is 3.58. The van der Waals surface area contributed by atoms with Crippen LogP contribution in [0, 0.1) is 5.82 Å². The summed E-state index contributed by atoms with van der Waals surface area (Å²) in [5.41, 5.74) is 4.23. The van der Waals surface area contributed by atoms with E-state index in [1.54, 1.807) is 36.0 Å². The molecule has 0 bridgehead atoms. The van der Waals surface area contributed by atoms with Crippen molar-refractivity contribution in [1.82, 2.24) is 19.7 Å². The molecule has 2 N–H and O–H groups in total. The summed E-state index contributed by atoms with van der Waals surface area (Å²) in [6.07, 6.45) is 3.32. The molecule has 4 heterocycles. The topological polar surface area (TPSA) is 80.5 Å². The molecule has 0 spiro atoms. The van der Waals surface area contributed by atoms with E-state index >= 15 is 0 Å². The van der Waals surface area contributed by atoms with Gasteiger partial charge in [-0.1, -0.05) is 12.1 Å². The van der Waals surface area contributed by atoms with Crippen molar-refractivity contribution in [3.05, 3.63) is 71.8 Å². The second-order valence-corrected chi connectivity index (χ2v) is 6.60. The fraction of sp³-hybridized carbons (Fsp3) is 0.0952. The summed E-state index contributed by atoms with van der Waals surface area (Å²) in [5, 5.41) is 6.08. The van der Waals surface area contributed by atoms with Gasteiger partial charge in [0.1, 0.15) is 17.3 Å². The maximum absolute atomic E-state index is 13.5. The van der Waals surface area contributed by atoms with Crippen molar-refractivity contribution in [2.45, 2.75) is 6.54 Å². The van der Waals surface area contributed by atoms with Crippen LogP contribution in [0.25, 0.3) is 16.9 Å². The summed E-state index contributed by atoms with van der Waals surface area (Å²) in [4.78, 5) is 21.2. The lowest BCUT2D eigenvalue weighted by Crippen LogP contribution is -2.13. The molecule has 0 unspecified atom stereocenters. The third-order valence-corrected chi connectivity index (χ3v) is 4.91. The Labute approximate surface area is 165 Å². The summed E-state index contributed by atoms with van der Waals surface area (Å²) < 4.78 is 20.5. The number of carbonyl (C=O) groups excluding carboxylic acids is 1. The zero-order chi connectivity index (χ0) is 20.0. The Balaban J connectivity index is 1.61. The number of hydrogen-bond donors (Lipinski definition) is 2. The molecule has 0 fully saturated rings. The van der Waals surface area contributed by atoms with Crippen molar-refractivity contribution >= 4 is 23.1 Å². The van der Waals surface area contributed by atoms with Crippen LogP contribution in [-0.2, 0) is 6.54 Å². The Hall–Kier alpha value is -3.94. The van der Waals surface area contributed by atoms with E-state index in [0.717, 1.165) is 16.8 Å². The highest BCUT2D eigenvalue weighted by molar-refractivity contribution is 6.06. The van der Waals surface area contributed by atoms with Gasteiger partial charge in [-0.2, -0.15) is 4.98 Å². The molecule has 3 aromatic heterocycles. The third kappa shape index (κ3) is 2.85. The third-order valence-electron chi connectivity index (χ3n) is 4.91. The number of ether oxygens (including phenoxy) is 1. The summed E-state index contributed by atoms with van der Waals surface area (Å²) in [6, 6.07) is 11.9. The molecule has 29 heavy (non-hydrogen) atoms. The van der Waals surface area contributed by atoms with E-state index in [0.29, 0.717) is 35.1 Å². The van der Waals surface area contributed by atoms with E-state index in [2.05, 4.69) is 20.6 Å². The van der Waals surface area contributed by atoms with Crippen molar-refractivity contribution < 1.29 is 13.9 Å². The molecule has 1 aliphatic rings. The van der Waals surface area contributed by atoms with E-state index in [4.69, 9.17) is 4.74 Å². The minimum absolute atomic E-state index is 0.160. The van der Waals surface area contributed by atoms with Crippen LogP contribution in [0.4, 0.5) is 15.9 Å². The van der Waals surface area contributed by atoms with Gasteiger partial charge in [-0.15, -0.1) is 0 Å². The lowest BCUT2D eigenvalue weighted by Gasteiger charge is -2.13. The smallest absolute Gasteiger partial charge is 0.254 e. The molecule has 1 amide bonds. The summed E-state index contributed by atoms with van der Waals surface area (Å²) in [6.45, 7) is 0.402. The number of methoxy groups -OCH3 is 1. The van der Waals surface area contributed by atoms with Crippen LogP contribution in [0.1, 0.15) is 15.9 Å². The van der Waals surface area contributed by atoms with Gasteiger partial charge in [-0.25, -0.2) is 9.37 Å². The maximum Gasteiger partial charge on any atom is 0.254 e. The van der Waals surface area contributed by atoms with Crippen molar-refractivity contribution in [1.29, 1.82) is 0 Å². The number of imidazole rings is 1. The van der Waals surface area contributed by atoms with Crippen LogP contribution in [0.3, 0.4) is 0 Å². The van der Waals surface area contributed by atoms with E-state index < -0.39 is 0 Å². The van der Waals surface area contributed by atoms with Crippen LogP contribution in [-0.4, -0.2) is 27.4 Å². The summed E-state index contributed by atoms with van der Waals surface area (Å²) in [5.74, 6) is 0.545. The number of pyridine rings is 2. The normalized spacial score (nSPS) is 12.7. The van der Waals surface area contributed by atoms with Crippen molar-refractivity contribution in [2.75, 3.05) is 12.4 Å². The molecule has 0 atom stereocenters. The average Bonchev–Trinajstić information content (AvgIpc) is 3.32. The van der Waals surface area contributed by atoms with Crippen LogP contribution in [0.5, 0.6) is 5.88 Å². The molecule has 4 aromatic rings. The van der Waals surface area contributed by atoms with Gasteiger partial charge in [-0.05, 0) is 23.8 Å². The van der Waals surface area contributed by atoms with Gasteiger partial charge in [0, 0.05) is 30.4 Å². The number of benzene rings is 1. The molecule has 1 aliphatic heterocycles. The SMILES string of the molecule is COc1cccc(Nc2ccc(-c3cnc4cc(F)ccn34)c3c2C(=O)NC3)n1. The molecule has 7 nitrogen and oxygen atoms in total.